The molecule has 0 aromatic heterocycles. The molecule has 98 valence electrons. The quantitative estimate of drug-likeness (QED) is 0.853. The molecule has 3 heteroatoms. The zero-order valence-electron chi connectivity index (χ0n) is 11.0. The molecule has 2 rings (SSSR count). The molecule has 0 bridgehead atoms. The summed E-state index contributed by atoms with van der Waals surface area (Å²) >= 11 is 0. The molecule has 0 saturated carbocycles. The van der Waals surface area contributed by atoms with E-state index in [9.17, 15) is 9.90 Å². The van der Waals surface area contributed by atoms with Crippen LogP contribution in [0.3, 0.4) is 0 Å². The fourth-order valence-corrected chi connectivity index (χ4v) is 1.82. The number of aryl methyl sites for hydroxylation is 1. The van der Waals surface area contributed by atoms with Gasteiger partial charge in [0.15, 0.2) is 5.78 Å². The van der Waals surface area contributed by atoms with Gasteiger partial charge in [-0.15, -0.1) is 0 Å². The lowest BCUT2D eigenvalue weighted by atomic mass is 10.0. The number of benzene rings is 2. The lowest BCUT2D eigenvalue weighted by Gasteiger charge is -2.07. The van der Waals surface area contributed by atoms with Crippen LogP contribution in [0.15, 0.2) is 42.5 Å². The van der Waals surface area contributed by atoms with Gasteiger partial charge in [-0.3, -0.25) is 4.79 Å². The van der Waals surface area contributed by atoms with Gasteiger partial charge in [-0.25, -0.2) is 0 Å². The van der Waals surface area contributed by atoms with E-state index in [2.05, 4.69) is 0 Å². The number of ketones is 1. The van der Waals surface area contributed by atoms with Gasteiger partial charge < -0.3 is 9.84 Å². The molecule has 0 heterocycles. The van der Waals surface area contributed by atoms with Crippen molar-refractivity contribution in [1.29, 1.82) is 0 Å². The highest BCUT2D eigenvalue weighted by Crippen LogP contribution is 2.26. The summed E-state index contributed by atoms with van der Waals surface area (Å²) in [7, 11) is 0. The van der Waals surface area contributed by atoms with E-state index in [0.29, 0.717) is 17.9 Å². The topological polar surface area (TPSA) is 46.5 Å². The second-order valence-electron chi connectivity index (χ2n) is 4.31. The first-order valence-electron chi connectivity index (χ1n) is 6.19. The van der Waals surface area contributed by atoms with Crippen LogP contribution in [-0.2, 0) is 0 Å². The monoisotopic (exact) mass is 256 g/mol. The SMILES string of the molecule is CCOc1ccc(C(=O)c2ccc(C)cc2)c(O)c1. The summed E-state index contributed by atoms with van der Waals surface area (Å²) in [5.74, 6) is 0.303. The van der Waals surface area contributed by atoms with Crippen LogP contribution < -0.4 is 4.74 Å². The van der Waals surface area contributed by atoms with Crippen LogP contribution in [0.4, 0.5) is 0 Å². The minimum atomic E-state index is -0.194. The molecule has 0 radical (unpaired) electrons. The molecular weight excluding hydrogens is 240 g/mol. The van der Waals surface area contributed by atoms with Crippen molar-refractivity contribution in [1.82, 2.24) is 0 Å². The van der Waals surface area contributed by atoms with Gasteiger partial charge in [0.05, 0.1) is 12.2 Å². The van der Waals surface area contributed by atoms with Crippen LogP contribution in [0.2, 0.25) is 0 Å². The summed E-state index contributed by atoms with van der Waals surface area (Å²) in [5, 5.41) is 9.90. The van der Waals surface area contributed by atoms with Gasteiger partial charge in [-0.2, -0.15) is 0 Å². The number of phenolic OH excluding ortho intramolecular Hbond substituents is 1. The van der Waals surface area contributed by atoms with Crippen molar-refractivity contribution in [2.75, 3.05) is 6.61 Å². The summed E-state index contributed by atoms with van der Waals surface area (Å²) in [4.78, 5) is 12.2. The first kappa shape index (κ1) is 13.1. The second-order valence-corrected chi connectivity index (χ2v) is 4.31. The molecule has 0 amide bonds. The van der Waals surface area contributed by atoms with E-state index < -0.39 is 0 Å². The normalized spacial score (nSPS) is 10.2. The van der Waals surface area contributed by atoms with Crippen LogP contribution in [0, 0.1) is 6.92 Å². The van der Waals surface area contributed by atoms with Crippen molar-refractivity contribution in [2.45, 2.75) is 13.8 Å². The summed E-state index contributed by atoms with van der Waals surface area (Å²) in [5.41, 5.74) is 1.94. The van der Waals surface area contributed by atoms with Crippen molar-refractivity contribution in [3.63, 3.8) is 0 Å². The molecule has 1 N–H and O–H groups in total. The van der Waals surface area contributed by atoms with Gasteiger partial charge in [0.25, 0.3) is 0 Å². The van der Waals surface area contributed by atoms with E-state index in [1.807, 2.05) is 26.0 Å². The van der Waals surface area contributed by atoms with Gasteiger partial charge >= 0.3 is 0 Å². The van der Waals surface area contributed by atoms with Crippen LogP contribution in [-0.4, -0.2) is 17.5 Å². The number of ether oxygens (including phenoxy) is 1. The summed E-state index contributed by atoms with van der Waals surface area (Å²) < 4.78 is 5.27. The lowest BCUT2D eigenvalue weighted by Crippen LogP contribution is -2.02. The minimum absolute atomic E-state index is 0.0588. The Labute approximate surface area is 112 Å². The Morgan fingerprint density at radius 1 is 1.16 bits per heavy atom. The molecule has 0 spiro atoms. The predicted molar refractivity (Wildman–Crippen MR) is 73.9 cm³/mol. The number of phenols is 1. The third-order valence-corrected chi connectivity index (χ3v) is 2.84. The summed E-state index contributed by atoms with van der Waals surface area (Å²) in [6.45, 7) is 4.34. The van der Waals surface area contributed by atoms with Crippen LogP contribution >= 0.6 is 0 Å². The molecule has 0 aliphatic carbocycles. The van der Waals surface area contributed by atoms with Gasteiger partial charge in [-0.05, 0) is 26.0 Å². The van der Waals surface area contributed by atoms with Gasteiger partial charge in [0.1, 0.15) is 11.5 Å². The van der Waals surface area contributed by atoms with Gasteiger partial charge in [0.2, 0.25) is 0 Å². The predicted octanol–water partition coefficient (Wildman–Crippen LogP) is 3.33. The van der Waals surface area contributed by atoms with Crippen LogP contribution in [0.5, 0.6) is 11.5 Å². The Hall–Kier alpha value is -2.29. The largest absolute Gasteiger partial charge is 0.507 e. The Morgan fingerprint density at radius 3 is 2.42 bits per heavy atom. The summed E-state index contributed by atoms with van der Waals surface area (Å²) in [6, 6.07) is 12.0. The molecule has 2 aromatic carbocycles. The Morgan fingerprint density at radius 2 is 1.84 bits per heavy atom. The maximum Gasteiger partial charge on any atom is 0.196 e. The minimum Gasteiger partial charge on any atom is -0.507 e. The van der Waals surface area contributed by atoms with Crippen molar-refractivity contribution < 1.29 is 14.6 Å². The first-order chi connectivity index (χ1) is 9.11. The van der Waals surface area contributed by atoms with E-state index in [0.717, 1.165) is 5.56 Å². The molecule has 19 heavy (non-hydrogen) atoms. The fourth-order valence-electron chi connectivity index (χ4n) is 1.82. The molecule has 0 saturated heterocycles. The number of hydrogen-bond donors (Lipinski definition) is 1. The van der Waals surface area contributed by atoms with Crippen molar-refractivity contribution in [2.24, 2.45) is 0 Å². The Bertz CT molecular complexity index is 585. The molecule has 0 atom stereocenters. The molecule has 0 fully saturated rings. The first-order valence-corrected chi connectivity index (χ1v) is 6.19. The van der Waals surface area contributed by atoms with E-state index in [-0.39, 0.29) is 17.1 Å². The van der Waals surface area contributed by atoms with Gasteiger partial charge in [-0.1, -0.05) is 29.8 Å². The highest BCUT2D eigenvalue weighted by atomic mass is 16.5. The van der Waals surface area contributed by atoms with E-state index >= 15 is 0 Å². The lowest BCUT2D eigenvalue weighted by molar-refractivity contribution is 0.103. The molecule has 0 aliphatic rings. The average Bonchev–Trinajstić information content (AvgIpc) is 2.39. The third-order valence-electron chi connectivity index (χ3n) is 2.84. The smallest absolute Gasteiger partial charge is 0.196 e. The Kier molecular flexibility index (Phi) is 3.85. The van der Waals surface area contributed by atoms with Crippen LogP contribution in [0.1, 0.15) is 28.4 Å². The average molecular weight is 256 g/mol. The summed E-state index contributed by atoms with van der Waals surface area (Å²) in [6.07, 6.45) is 0. The number of carbonyl (C=O) groups excluding carboxylic acids is 1. The van der Waals surface area contributed by atoms with Gasteiger partial charge in [0, 0.05) is 11.6 Å². The van der Waals surface area contributed by atoms with E-state index in [1.54, 1.807) is 24.3 Å². The van der Waals surface area contributed by atoms with Crippen molar-refractivity contribution in [3.8, 4) is 11.5 Å². The maximum absolute atomic E-state index is 12.2. The standard InChI is InChI=1S/C16H16O3/c1-3-19-13-8-9-14(15(17)10-13)16(18)12-6-4-11(2)5-7-12/h4-10,17H,3H2,1-2H3. The third kappa shape index (κ3) is 2.94. The molecule has 0 aliphatic heterocycles. The second kappa shape index (κ2) is 5.57. The number of hydrogen-bond acceptors (Lipinski definition) is 3. The van der Waals surface area contributed by atoms with E-state index in [1.165, 1.54) is 6.07 Å². The fraction of sp³-hybridized carbons (Fsp3) is 0.188. The highest BCUT2D eigenvalue weighted by Gasteiger charge is 2.14. The Balaban J connectivity index is 2.31. The number of carbonyl (C=O) groups is 1. The molecule has 0 unspecified atom stereocenters. The van der Waals surface area contributed by atoms with Crippen LogP contribution in [0.25, 0.3) is 0 Å². The number of rotatable bonds is 4. The molecule has 2 aromatic rings. The van der Waals surface area contributed by atoms with E-state index in [4.69, 9.17) is 4.74 Å². The van der Waals surface area contributed by atoms with Crippen molar-refractivity contribution >= 4 is 5.78 Å². The number of aromatic hydroxyl groups is 1. The zero-order valence-corrected chi connectivity index (χ0v) is 11.0. The molecular formula is C16H16O3. The highest BCUT2D eigenvalue weighted by molar-refractivity contribution is 6.10. The maximum atomic E-state index is 12.2. The zero-order chi connectivity index (χ0) is 13.8. The van der Waals surface area contributed by atoms with Crippen molar-refractivity contribution in [3.05, 3.63) is 59.2 Å². The molecule has 3 nitrogen and oxygen atoms in total.